The molecule has 0 amide bonds. The molecule has 0 N–H and O–H groups in total. The maximum Gasteiger partial charge on any atom is 0.137 e. The lowest BCUT2D eigenvalue weighted by atomic mass is 9.89. The third-order valence-electron chi connectivity index (χ3n) is 5.73. The number of benzene rings is 1. The molecule has 0 spiro atoms. The van der Waals surface area contributed by atoms with Crippen molar-refractivity contribution in [2.24, 2.45) is 5.92 Å². The van der Waals surface area contributed by atoms with E-state index >= 15 is 0 Å². The van der Waals surface area contributed by atoms with Crippen LogP contribution in [-0.4, -0.2) is 42.4 Å². The summed E-state index contributed by atoms with van der Waals surface area (Å²) in [5.74, 6) is 1.69. The Kier molecular flexibility index (Phi) is 7.22. The number of nitrogens with zero attached hydrogens (tertiary/aromatic N) is 2. The van der Waals surface area contributed by atoms with Crippen molar-refractivity contribution in [2.75, 3.05) is 26.7 Å². The summed E-state index contributed by atoms with van der Waals surface area (Å²) >= 11 is 0. The van der Waals surface area contributed by atoms with Gasteiger partial charge in [-0.05, 0) is 74.6 Å². The van der Waals surface area contributed by atoms with Crippen molar-refractivity contribution in [3.8, 4) is 5.75 Å². The van der Waals surface area contributed by atoms with E-state index in [-0.39, 0.29) is 0 Å². The van der Waals surface area contributed by atoms with Crippen LogP contribution >= 0.6 is 0 Å². The van der Waals surface area contributed by atoms with Crippen LogP contribution in [0.25, 0.3) is 10.9 Å². The summed E-state index contributed by atoms with van der Waals surface area (Å²) in [6, 6.07) is 7.82. The average molecular weight is 369 g/mol. The van der Waals surface area contributed by atoms with Gasteiger partial charge in [0.15, 0.2) is 0 Å². The van der Waals surface area contributed by atoms with E-state index < -0.39 is 0 Å². The van der Waals surface area contributed by atoms with Crippen molar-refractivity contribution < 1.29 is 9.53 Å². The number of piperidine rings is 1. The van der Waals surface area contributed by atoms with Crippen LogP contribution in [0.3, 0.4) is 0 Å². The molecule has 4 heteroatoms. The van der Waals surface area contributed by atoms with Gasteiger partial charge in [-0.3, -0.25) is 9.78 Å². The van der Waals surface area contributed by atoms with E-state index in [1.54, 1.807) is 13.3 Å². The summed E-state index contributed by atoms with van der Waals surface area (Å²) < 4.78 is 5.33. The standard InChI is InChI=1S/C23H32N2O2/c1-3-4-5-12-25-13-9-18(10-14-25)15-20(26)16-19-8-11-24-23-7-6-21(27-2)17-22(19)23/h6-8,11,17-18H,3-5,9-10,12-16H2,1-2H3. The molecule has 0 saturated carbocycles. The van der Waals surface area contributed by atoms with E-state index in [4.69, 9.17) is 4.74 Å². The minimum Gasteiger partial charge on any atom is -0.497 e. The van der Waals surface area contributed by atoms with Crippen molar-refractivity contribution >= 4 is 16.7 Å². The number of carbonyl (C=O) groups excluding carboxylic acids is 1. The number of carbonyl (C=O) groups is 1. The molecule has 1 aliphatic heterocycles. The second-order valence-corrected chi connectivity index (χ2v) is 7.76. The second kappa shape index (κ2) is 9.84. The molecule has 0 radical (unpaired) electrons. The summed E-state index contributed by atoms with van der Waals surface area (Å²) in [6.07, 6.45) is 9.21. The van der Waals surface area contributed by atoms with Crippen LogP contribution in [0.1, 0.15) is 51.0 Å². The Balaban J connectivity index is 1.54. The van der Waals surface area contributed by atoms with Gasteiger partial charge >= 0.3 is 0 Å². The number of Topliss-reactive ketones (excluding diaryl/α,β-unsaturated/α-hetero) is 1. The first-order chi connectivity index (χ1) is 13.2. The minimum atomic E-state index is 0.342. The van der Waals surface area contributed by atoms with Crippen molar-refractivity contribution in [3.63, 3.8) is 0 Å². The number of hydrogen-bond acceptors (Lipinski definition) is 4. The summed E-state index contributed by atoms with van der Waals surface area (Å²) in [6.45, 7) is 5.77. The molecule has 4 nitrogen and oxygen atoms in total. The van der Waals surface area contributed by atoms with Crippen LogP contribution in [0.15, 0.2) is 30.5 Å². The van der Waals surface area contributed by atoms with E-state index in [2.05, 4.69) is 16.8 Å². The molecular weight excluding hydrogens is 336 g/mol. The zero-order valence-electron chi connectivity index (χ0n) is 16.7. The average Bonchev–Trinajstić information content (AvgIpc) is 2.69. The number of unbranched alkanes of at least 4 members (excludes halogenated alkanes) is 2. The number of ketones is 1. The number of hydrogen-bond donors (Lipinski definition) is 0. The molecule has 1 aromatic carbocycles. The zero-order chi connectivity index (χ0) is 19.1. The molecule has 1 aliphatic rings. The van der Waals surface area contributed by atoms with Gasteiger partial charge < -0.3 is 9.64 Å². The van der Waals surface area contributed by atoms with Crippen LogP contribution in [0.5, 0.6) is 5.75 Å². The second-order valence-electron chi connectivity index (χ2n) is 7.76. The Hall–Kier alpha value is -1.94. The van der Waals surface area contributed by atoms with E-state index in [0.717, 1.165) is 48.1 Å². The Bertz CT molecular complexity index is 751. The molecule has 0 unspecified atom stereocenters. The third-order valence-corrected chi connectivity index (χ3v) is 5.73. The number of likely N-dealkylation sites (tertiary alicyclic amines) is 1. The van der Waals surface area contributed by atoms with Gasteiger partial charge in [0.2, 0.25) is 0 Å². The molecule has 2 heterocycles. The highest BCUT2D eigenvalue weighted by Gasteiger charge is 2.21. The third kappa shape index (κ3) is 5.52. The SMILES string of the molecule is CCCCCN1CCC(CC(=O)Cc2ccnc3ccc(OC)cc23)CC1. The molecule has 1 fully saturated rings. The van der Waals surface area contributed by atoms with E-state index in [1.807, 2.05) is 24.3 Å². The summed E-state index contributed by atoms with van der Waals surface area (Å²) in [7, 11) is 1.66. The fourth-order valence-corrected chi connectivity index (χ4v) is 4.07. The molecule has 0 aliphatic carbocycles. The van der Waals surface area contributed by atoms with Crippen LogP contribution in [-0.2, 0) is 11.2 Å². The topological polar surface area (TPSA) is 42.4 Å². The highest BCUT2D eigenvalue weighted by molar-refractivity contribution is 5.89. The minimum absolute atomic E-state index is 0.342. The Labute approximate surface area is 162 Å². The predicted molar refractivity (Wildman–Crippen MR) is 110 cm³/mol. The predicted octanol–water partition coefficient (Wildman–Crippen LogP) is 4.65. The van der Waals surface area contributed by atoms with Gasteiger partial charge in [0.05, 0.1) is 12.6 Å². The van der Waals surface area contributed by atoms with Crippen LogP contribution in [0.2, 0.25) is 0 Å². The first-order valence-corrected chi connectivity index (χ1v) is 10.3. The normalized spacial score (nSPS) is 15.9. The van der Waals surface area contributed by atoms with Crippen molar-refractivity contribution in [2.45, 2.75) is 51.9 Å². The quantitative estimate of drug-likeness (QED) is 0.604. The molecule has 1 aromatic heterocycles. The Morgan fingerprint density at radius 3 is 2.78 bits per heavy atom. The summed E-state index contributed by atoms with van der Waals surface area (Å²) in [5.41, 5.74) is 1.97. The smallest absolute Gasteiger partial charge is 0.137 e. The number of rotatable bonds is 9. The number of methoxy groups -OCH3 is 1. The van der Waals surface area contributed by atoms with Crippen molar-refractivity contribution in [1.29, 1.82) is 0 Å². The maximum atomic E-state index is 12.7. The molecule has 146 valence electrons. The number of aromatic nitrogens is 1. The van der Waals surface area contributed by atoms with Gasteiger partial charge in [-0.15, -0.1) is 0 Å². The molecule has 0 atom stereocenters. The highest BCUT2D eigenvalue weighted by Crippen LogP contribution is 2.25. The summed E-state index contributed by atoms with van der Waals surface area (Å²) in [5, 5.41) is 1.02. The number of ether oxygens (including phenoxy) is 1. The molecule has 3 rings (SSSR count). The number of pyridine rings is 1. The van der Waals surface area contributed by atoms with E-state index in [0.29, 0.717) is 24.5 Å². The van der Waals surface area contributed by atoms with Crippen LogP contribution in [0.4, 0.5) is 0 Å². The van der Waals surface area contributed by atoms with Gasteiger partial charge in [0, 0.05) is 24.4 Å². The molecule has 27 heavy (non-hydrogen) atoms. The van der Waals surface area contributed by atoms with Gasteiger partial charge in [-0.2, -0.15) is 0 Å². The fourth-order valence-electron chi connectivity index (χ4n) is 4.07. The lowest BCUT2D eigenvalue weighted by Gasteiger charge is -2.31. The summed E-state index contributed by atoms with van der Waals surface area (Å²) in [4.78, 5) is 19.7. The highest BCUT2D eigenvalue weighted by atomic mass is 16.5. The first kappa shape index (κ1) is 19.8. The van der Waals surface area contributed by atoms with E-state index in [1.165, 1.54) is 25.8 Å². The largest absolute Gasteiger partial charge is 0.497 e. The van der Waals surface area contributed by atoms with Gasteiger partial charge in [-0.1, -0.05) is 19.8 Å². The lowest BCUT2D eigenvalue weighted by molar-refractivity contribution is -0.119. The maximum absolute atomic E-state index is 12.7. The Morgan fingerprint density at radius 2 is 2.04 bits per heavy atom. The first-order valence-electron chi connectivity index (χ1n) is 10.3. The van der Waals surface area contributed by atoms with E-state index in [9.17, 15) is 4.79 Å². The lowest BCUT2D eigenvalue weighted by Crippen LogP contribution is -2.35. The molecular formula is C23H32N2O2. The molecule has 2 aromatic rings. The Morgan fingerprint density at radius 1 is 1.22 bits per heavy atom. The van der Waals surface area contributed by atoms with Gasteiger partial charge in [-0.25, -0.2) is 0 Å². The van der Waals surface area contributed by atoms with Crippen LogP contribution < -0.4 is 4.74 Å². The fraction of sp³-hybridized carbons (Fsp3) is 0.565. The van der Waals surface area contributed by atoms with Crippen molar-refractivity contribution in [1.82, 2.24) is 9.88 Å². The monoisotopic (exact) mass is 368 g/mol. The van der Waals surface area contributed by atoms with Crippen molar-refractivity contribution in [3.05, 3.63) is 36.0 Å². The van der Waals surface area contributed by atoms with Crippen LogP contribution in [0, 0.1) is 5.92 Å². The van der Waals surface area contributed by atoms with Gasteiger partial charge in [0.25, 0.3) is 0 Å². The number of fused-ring (bicyclic) bond motifs is 1. The van der Waals surface area contributed by atoms with Gasteiger partial charge in [0.1, 0.15) is 11.5 Å². The molecule has 0 bridgehead atoms. The zero-order valence-corrected chi connectivity index (χ0v) is 16.7. The molecule has 1 saturated heterocycles.